The van der Waals surface area contributed by atoms with Crippen LogP contribution in [0.25, 0.3) is 54.1 Å². The second-order valence-corrected chi connectivity index (χ2v) is 9.74. The molecule has 34 heavy (non-hydrogen) atoms. The first-order valence-corrected chi connectivity index (χ1v) is 11.8. The molecular formula is C31H16N2O+2. The number of hydrogen-bond donors (Lipinski definition) is 0. The number of ether oxygens (including phenoxy) is 1. The first-order valence-electron chi connectivity index (χ1n) is 11.8. The maximum Gasteiger partial charge on any atom is 0.425 e. The predicted octanol–water partition coefficient (Wildman–Crippen LogP) is 6.06. The SMILES string of the molecule is c1ccc2c(c1)c1ccc3c4c1c1c2ccc[n+]1C41c2c(ccc4ccc5ccc[n+]1c5c24)O3. The van der Waals surface area contributed by atoms with E-state index in [-0.39, 0.29) is 0 Å². The summed E-state index contributed by atoms with van der Waals surface area (Å²) in [5.41, 5.74) is 4.61. The fourth-order valence-electron chi connectivity index (χ4n) is 7.33. The molecular weight excluding hydrogens is 416 g/mol. The second kappa shape index (κ2) is 4.87. The Kier molecular flexibility index (Phi) is 2.32. The predicted molar refractivity (Wildman–Crippen MR) is 132 cm³/mol. The molecule has 5 heterocycles. The van der Waals surface area contributed by atoms with Gasteiger partial charge < -0.3 is 4.74 Å². The summed E-state index contributed by atoms with van der Waals surface area (Å²) in [6.45, 7) is 0. The van der Waals surface area contributed by atoms with E-state index in [0.29, 0.717) is 0 Å². The monoisotopic (exact) mass is 432 g/mol. The van der Waals surface area contributed by atoms with Gasteiger partial charge in [0.15, 0.2) is 23.5 Å². The van der Waals surface area contributed by atoms with Crippen molar-refractivity contribution >= 4 is 54.1 Å². The van der Waals surface area contributed by atoms with Crippen molar-refractivity contribution in [1.29, 1.82) is 0 Å². The maximum absolute atomic E-state index is 6.69. The molecule has 1 unspecified atom stereocenters. The minimum absolute atomic E-state index is 0.496. The second-order valence-electron chi connectivity index (χ2n) is 9.74. The molecule has 0 N–H and O–H groups in total. The van der Waals surface area contributed by atoms with Gasteiger partial charge in [-0.25, -0.2) is 0 Å². The molecule has 0 saturated heterocycles. The lowest BCUT2D eigenvalue weighted by Crippen LogP contribution is -2.72. The van der Waals surface area contributed by atoms with E-state index in [1.54, 1.807) is 0 Å². The molecule has 3 heteroatoms. The van der Waals surface area contributed by atoms with Crippen molar-refractivity contribution in [3.8, 4) is 11.5 Å². The van der Waals surface area contributed by atoms with Crippen molar-refractivity contribution in [1.82, 2.24) is 0 Å². The highest BCUT2D eigenvalue weighted by Gasteiger charge is 2.69. The molecule has 7 aromatic rings. The van der Waals surface area contributed by atoms with Crippen LogP contribution in [0.1, 0.15) is 11.1 Å². The molecule has 3 aliphatic rings. The number of nitrogens with zero attached hydrogens (tertiary/aromatic N) is 2. The van der Waals surface area contributed by atoms with Crippen LogP contribution in [-0.2, 0) is 5.66 Å². The Hall–Kier alpha value is -4.50. The minimum atomic E-state index is -0.496. The van der Waals surface area contributed by atoms with Crippen LogP contribution in [-0.4, -0.2) is 0 Å². The first-order chi connectivity index (χ1) is 16.9. The molecule has 0 saturated carbocycles. The third kappa shape index (κ3) is 1.40. The fourth-order valence-corrected chi connectivity index (χ4v) is 7.33. The molecule has 0 radical (unpaired) electrons. The standard InChI is InChI=1S/C31H16N2O/c1-2-7-20-19(6-1)21-12-14-24-28-26(21)30-22(20)8-4-16-33(30)31(28)27-23(34-24)13-11-17-9-10-18-5-3-15-32(31)29(18)25(17)27/h1-16H/q+2. The summed E-state index contributed by atoms with van der Waals surface area (Å²) in [5.74, 6) is 1.91. The van der Waals surface area contributed by atoms with Crippen molar-refractivity contribution in [3.63, 3.8) is 0 Å². The van der Waals surface area contributed by atoms with Gasteiger partial charge in [0.05, 0.1) is 16.2 Å². The van der Waals surface area contributed by atoms with Gasteiger partial charge in [0.25, 0.3) is 0 Å². The summed E-state index contributed by atoms with van der Waals surface area (Å²) in [5, 5.41) is 10.3. The highest BCUT2D eigenvalue weighted by Crippen LogP contribution is 2.57. The van der Waals surface area contributed by atoms with Crippen LogP contribution in [0.3, 0.4) is 0 Å². The average molecular weight is 432 g/mol. The van der Waals surface area contributed by atoms with Crippen LogP contribution in [0.15, 0.2) is 97.3 Å². The summed E-state index contributed by atoms with van der Waals surface area (Å²) in [7, 11) is 0. The lowest BCUT2D eigenvalue weighted by molar-refractivity contribution is -0.945. The number of rotatable bonds is 0. The van der Waals surface area contributed by atoms with Crippen LogP contribution in [0.5, 0.6) is 11.5 Å². The molecule has 10 rings (SSSR count). The number of aromatic nitrogens is 2. The highest BCUT2D eigenvalue weighted by atomic mass is 16.5. The fraction of sp³-hybridized carbons (Fsp3) is 0.0323. The Morgan fingerprint density at radius 2 is 1.15 bits per heavy atom. The molecule has 0 fully saturated rings. The van der Waals surface area contributed by atoms with Gasteiger partial charge in [-0.15, -0.1) is 9.13 Å². The normalized spacial score (nSPS) is 18.4. The van der Waals surface area contributed by atoms with E-state index in [4.69, 9.17) is 4.74 Å². The van der Waals surface area contributed by atoms with Gasteiger partial charge in [0, 0.05) is 17.5 Å². The molecule has 1 atom stereocenters. The van der Waals surface area contributed by atoms with Crippen molar-refractivity contribution in [3.05, 3.63) is 108 Å². The van der Waals surface area contributed by atoms with Gasteiger partial charge in [-0.2, -0.15) is 0 Å². The molecule has 0 amide bonds. The largest absolute Gasteiger partial charge is 0.456 e. The molecule has 0 aliphatic carbocycles. The lowest BCUT2D eigenvalue weighted by Gasteiger charge is -2.26. The van der Waals surface area contributed by atoms with Crippen molar-refractivity contribution in [2.24, 2.45) is 0 Å². The van der Waals surface area contributed by atoms with Gasteiger partial charge in [0.2, 0.25) is 11.0 Å². The van der Waals surface area contributed by atoms with Crippen LogP contribution in [0.4, 0.5) is 0 Å². The zero-order valence-electron chi connectivity index (χ0n) is 18.0. The summed E-state index contributed by atoms with van der Waals surface area (Å²) < 4.78 is 11.7. The van der Waals surface area contributed by atoms with E-state index in [2.05, 4.69) is 106 Å². The number of pyridine rings is 2. The van der Waals surface area contributed by atoms with Gasteiger partial charge in [-0.05, 0) is 57.9 Å². The third-order valence-electron chi connectivity index (χ3n) is 8.42. The summed E-state index contributed by atoms with van der Waals surface area (Å²) in [4.78, 5) is 0. The third-order valence-corrected chi connectivity index (χ3v) is 8.42. The van der Waals surface area contributed by atoms with Crippen LogP contribution >= 0.6 is 0 Å². The summed E-state index contributed by atoms with van der Waals surface area (Å²) >= 11 is 0. The number of hydrogen-bond acceptors (Lipinski definition) is 1. The van der Waals surface area contributed by atoms with E-state index in [1.165, 1.54) is 65.3 Å². The van der Waals surface area contributed by atoms with Crippen molar-refractivity contribution in [2.45, 2.75) is 5.66 Å². The van der Waals surface area contributed by atoms with Crippen molar-refractivity contribution in [2.75, 3.05) is 0 Å². The zero-order valence-corrected chi connectivity index (χ0v) is 18.0. The smallest absolute Gasteiger partial charge is 0.425 e. The van der Waals surface area contributed by atoms with Gasteiger partial charge in [-0.1, -0.05) is 36.4 Å². The molecule has 1 spiro atoms. The maximum atomic E-state index is 6.69. The lowest BCUT2D eigenvalue weighted by atomic mass is 9.85. The van der Waals surface area contributed by atoms with Crippen LogP contribution < -0.4 is 13.9 Å². The van der Waals surface area contributed by atoms with E-state index < -0.39 is 5.66 Å². The van der Waals surface area contributed by atoms with E-state index in [9.17, 15) is 0 Å². The quantitative estimate of drug-likeness (QED) is 0.210. The molecule has 0 bridgehead atoms. The van der Waals surface area contributed by atoms with E-state index >= 15 is 0 Å². The summed E-state index contributed by atoms with van der Waals surface area (Å²) in [6.07, 6.45) is 4.53. The Balaban J connectivity index is 1.60. The molecule has 2 aromatic heterocycles. The Morgan fingerprint density at radius 3 is 2.03 bits per heavy atom. The van der Waals surface area contributed by atoms with Crippen LogP contribution in [0, 0.1) is 0 Å². The molecule has 3 nitrogen and oxygen atoms in total. The van der Waals surface area contributed by atoms with E-state index in [0.717, 1.165) is 11.5 Å². The molecule has 3 aliphatic heterocycles. The first kappa shape index (κ1) is 16.2. The Bertz CT molecular complexity index is 2160. The van der Waals surface area contributed by atoms with Gasteiger partial charge in [0.1, 0.15) is 11.5 Å². The Labute approximate surface area is 193 Å². The van der Waals surface area contributed by atoms with Crippen LogP contribution in [0.2, 0.25) is 0 Å². The minimum Gasteiger partial charge on any atom is -0.456 e. The van der Waals surface area contributed by atoms with Gasteiger partial charge in [-0.3, -0.25) is 0 Å². The summed E-state index contributed by atoms with van der Waals surface area (Å²) in [6, 6.07) is 31.0. The van der Waals surface area contributed by atoms with E-state index in [1.807, 2.05) is 0 Å². The van der Waals surface area contributed by atoms with Crippen molar-refractivity contribution < 1.29 is 13.9 Å². The number of benzene rings is 5. The van der Waals surface area contributed by atoms with Gasteiger partial charge >= 0.3 is 5.66 Å². The Morgan fingerprint density at radius 1 is 0.500 bits per heavy atom. The number of fused-ring (bicyclic) bond motifs is 3. The molecule has 5 aromatic carbocycles. The average Bonchev–Trinajstić information content (AvgIpc) is 3.39. The zero-order chi connectivity index (χ0) is 21.8. The highest BCUT2D eigenvalue weighted by molar-refractivity contribution is 6.25. The topological polar surface area (TPSA) is 17.0 Å². The molecule has 154 valence electrons.